The van der Waals surface area contributed by atoms with Crippen molar-refractivity contribution in [1.82, 2.24) is 0 Å². The largest absolute Gasteiger partial charge is 0.573 e. The lowest BCUT2D eigenvalue weighted by Gasteiger charge is -2.24. The number of aryl methyl sites for hydroxylation is 2. The van der Waals surface area contributed by atoms with Gasteiger partial charge in [-0.25, -0.2) is 8.42 Å². The first-order valence-corrected chi connectivity index (χ1v) is 9.90. The van der Waals surface area contributed by atoms with Gasteiger partial charge in [-0.1, -0.05) is 12.1 Å². The molecule has 0 aliphatic carbocycles. The Balaban J connectivity index is 2.15. The van der Waals surface area contributed by atoms with Gasteiger partial charge < -0.3 is 10.1 Å². The van der Waals surface area contributed by atoms with Gasteiger partial charge in [0.05, 0.1) is 11.9 Å². The van der Waals surface area contributed by atoms with Gasteiger partial charge in [-0.3, -0.25) is 9.10 Å². The van der Waals surface area contributed by atoms with Crippen molar-refractivity contribution in [3.05, 3.63) is 53.6 Å². The Bertz CT molecular complexity index is 958. The van der Waals surface area contributed by atoms with E-state index in [2.05, 4.69) is 10.1 Å². The molecule has 1 N–H and O–H groups in total. The third-order valence-electron chi connectivity index (χ3n) is 3.69. The lowest BCUT2D eigenvalue weighted by atomic mass is 10.1. The van der Waals surface area contributed by atoms with Crippen LogP contribution in [0.1, 0.15) is 11.1 Å². The Kier molecular flexibility index (Phi) is 6.23. The number of rotatable bonds is 6. The summed E-state index contributed by atoms with van der Waals surface area (Å²) in [5, 5.41) is 2.46. The second-order valence-electron chi connectivity index (χ2n) is 6.18. The molecule has 10 heteroatoms. The number of benzene rings is 2. The van der Waals surface area contributed by atoms with E-state index < -0.39 is 34.6 Å². The van der Waals surface area contributed by atoms with Crippen molar-refractivity contribution in [3.8, 4) is 5.75 Å². The summed E-state index contributed by atoms with van der Waals surface area (Å²) in [7, 11) is -3.74. The van der Waals surface area contributed by atoms with Crippen molar-refractivity contribution in [3.63, 3.8) is 0 Å². The number of alkyl halides is 3. The number of anilines is 2. The average Bonchev–Trinajstić information content (AvgIpc) is 2.54. The molecule has 0 saturated heterocycles. The minimum atomic E-state index is -4.81. The van der Waals surface area contributed by atoms with E-state index in [4.69, 9.17) is 0 Å². The Morgan fingerprint density at radius 3 is 2.25 bits per heavy atom. The number of halogens is 3. The minimum absolute atomic E-state index is 0.203. The molecule has 2 rings (SSSR count). The van der Waals surface area contributed by atoms with Crippen LogP contribution in [0.2, 0.25) is 0 Å². The van der Waals surface area contributed by atoms with E-state index in [-0.39, 0.29) is 5.69 Å². The number of nitrogens with one attached hydrogen (secondary N) is 1. The second kappa shape index (κ2) is 8.09. The number of amides is 1. The van der Waals surface area contributed by atoms with Gasteiger partial charge in [-0.05, 0) is 55.3 Å². The van der Waals surface area contributed by atoms with Crippen molar-refractivity contribution >= 4 is 27.3 Å². The van der Waals surface area contributed by atoms with Gasteiger partial charge in [0.2, 0.25) is 15.9 Å². The van der Waals surface area contributed by atoms with Gasteiger partial charge in [0.25, 0.3) is 0 Å². The molecule has 0 aliphatic heterocycles. The zero-order chi connectivity index (χ0) is 21.1. The summed E-state index contributed by atoms with van der Waals surface area (Å²) in [4.78, 5) is 12.3. The molecule has 152 valence electrons. The Hall–Kier alpha value is -2.75. The van der Waals surface area contributed by atoms with Crippen LogP contribution in [-0.4, -0.2) is 33.5 Å². The van der Waals surface area contributed by atoms with Gasteiger partial charge in [-0.15, -0.1) is 13.2 Å². The number of hydrogen-bond donors (Lipinski definition) is 1. The number of hydrogen-bond acceptors (Lipinski definition) is 4. The first-order valence-electron chi connectivity index (χ1n) is 8.06. The summed E-state index contributed by atoms with van der Waals surface area (Å²) in [6, 6.07) is 9.77. The molecule has 0 heterocycles. The SMILES string of the molecule is Cc1ccc(C)c(N(CC(=O)Nc2ccc(OC(F)(F)F)cc2)S(C)(=O)=O)c1. The van der Waals surface area contributed by atoms with E-state index in [0.717, 1.165) is 28.3 Å². The molecule has 0 spiro atoms. The maximum absolute atomic E-state index is 12.3. The summed E-state index contributed by atoms with van der Waals surface area (Å²) < 4.78 is 65.6. The van der Waals surface area contributed by atoms with E-state index in [9.17, 15) is 26.4 Å². The number of carbonyl (C=O) groups is 1. The Morgan fingerprint density at radius 1 is 1.11 bits per heavy atom. The molecule has 1 amide bonds. The van der Waals surface area contributed by atoms with Gasteiger partial charge in [0.1, 0.15) is 12.3 Å². The van der Waals surface area contributed by atoms with Gasteiger partial charge in [-0.2, -0.15) is 0 Å². The molecule has 0 fully saturated rings. The highest BCUT2D eigenvalue weighted by Gasteiger charge is 2.31. The number of carbonyl (C=O) groups excluding carboxylic acids is 1. The minimum Gasteiger partial charge on any atom is -0.406 e. The molecular formula is C18H19F3N2O4S. The van der Waals surface area contributed by atoms with Crippen molar-refractivity contribution in [2.75, 3.05) is 22.4 Å². The van der Waals surface area contributed by atoms with Crippen LogP contribution in [0.4, 0.5) is 24.5 Å². The topological polar surface area (TPSA) is 75.7 Å². The predicted molar refractivity (Wildman–Crippen MR) is 99.9 cm³/mol. The van der Waals surface area contributed by atoms with Gasteiger partial charge >= 0.3 is 6.36 Å². The van der Waals surface area contributed by atoms with E-state index >= 15 is 0 Å². The number of nitrogens with zero attached hydrogens (tertiary/aromatic N) is 1. The highest BCUT2D eigenvalue weighted by molar-refractivity contribution is 7.92. The molecule has 2 aromatic rings. The first-order chi connectivity index (χ1) is 12.8. The van der Waals surface area contributed by atoms with Crippen LogP contribution in [-0.2, 0) is 14.8 Å². The monoisotopic (exact) mass is 416 g/mol. The van der Waals surface area contributed by atoms with Crippen molar-refractivity contribution in [1.29, 1.82) is 0 Å². The van der Waals surface area contributed by atoms with Crippen molar-refractivity contribution in [2.24, 2.45) is 0 Å². The van der Waals surface area contributed by atoms with Crippen LogP contribution in [0, 0.1) is 13.8 Å². The highest BCUT2D eigenvalue weighted by atomic mass is 32.2. The lowest BCUT2D eigenvalue weighted by Crippen LogP contribution is -2.37. The third-order valence-corrected chi connectivity index (χ3v) is 4.82. The Labute approximate surface area is 161 Å². The van der Waals surface area contributed by atoms with Crippen LogP contribution >= 0.6 is 0 Å². The number of ether oxygens (including phenoxy) is 1. The summed E-state index contributed by atoms with van der Waals surface area (Å²) >= 11 is 0. The van der Waals surface area contributed by atoms with Crippen LogP contribution < -0.4 is 14.4 Å². The third kappa shape index (κ3) is 6.15. The summed E-state index contributed by atoms with van der Waals surface area (Å²) in [6.45, 7) is 3.04. The lowest BCUT2D eigenvalue weighted by molar-refractivity contribution is -0.274. The average molecular weight is 416 g/mol. The Morgan fingerprint density at radius 2 is 1.71 bits per heavy atom. The maximum Gasteiger partial charge on any atom is 0.573 e. The molecular weight excluding hydrogens is 397 g/mol. The second-order valence-corrected chi connectivity index (χ2v) is 8.09. The first kappa shape index (κ1) is 21.5. The fourth-order valence-electron chi connectivity index (χ4n) is 2.44. The maximum atomic E-state index is 12.3. The van der Waals surface area contributed by atoms with Crippen molar-refractivity contribution in [2.45, 2.75) is 20.2 Å². The molecule has 0 saturated carbocycles. The summed E-state index contributed by atoms with van der Waals surface area (Å²) in [5.41, 5.74) is 2.09. The quantitative estimate of drug-likeness (QED) is 0.781. The smallest absolute Gasteiger partial charge is 0.406 e. The normalized spacial score (nSPS) is 11.8. The fourth-order valence-corrected chi connectivity index (χ4v) is 3.35. The van der Waals surface area contributed by atoms with E-state index in [1.165, 1.54) is 12.1 Å². The molecule has 0 aromatic heterocycles. The number of sulfonamides is 1. The standard InChI is InChI=1S/C18H19F3N2O4S/c1-12-4-5-13(2)16(10-12)23(28(3,25)26)11-17(24)22-14-6-8-15(9-7-14)27-18(19,20)21/h4-10H,11H2,1-3H3,(H,22,24). The van der Waals surface area contributed by atoms with Crippen LogP contribution in [0.15, 0.2) is 42.5 Å². The zero-order valence-corrected chi connectivity index (χ0v) is 16.2. The van der Waals surface area contributed by atoms with Gasteiger partial charge in [0, 0.05) is 5.69 Å². The van der Waals surface area contributed by atoms with Crippen molar-refractivity contribution < 1.29 is 31.1 Å². The van der Waals surface area contributed by atoms with Crippen LogP contribution in [0.3, 0.4) is 0 Å². The van der Waals surface area contributed by atoms with E-state index in [1.807, 2.05) is 6.07 Å². The van der Waals surface area contributed by atoms with E-state index in [1.54, 1.807) is 26.0 Å². The molecule has 2 aromatic carbocycles. The molecule has 0 bridgehead atoms. The molecule has 0 radical (unpaired) electrons. The summed E-state index contributed by atoms with van der Waals surface area (Å²) in [5.74, 6) is -1.07. The van der Waals surface area contributed by atoms with E-state index in [0.29, 0.717) is 11.3 Å². The van der Waals surface area contributed by atoms with Crippen LogP contribution in [0.25, 0.3) is 0 Å². The highest BCUT2D eigenvalue weighted by Crippen LogP contribution is 2.25. The molecule has 28 heavy (non-hydrogen) atoms. The van der Waals surface area contributed by atoms with Crippen LogP contribution in [0.5, 0.6) is 5.75 Å². The molecule has 0 aliphatic rings. The van der Waals surface area contributed by atoms with Gasteiger partial charge in [0.15, 0.2) is 0 Å². The molecule has 6 nitrogen and oxygen atoms in total. The summed E-state index contributed by atoms with van der Waals surface area (Å²) in [6.07, 6.45) is -3.82. The zero-order valence-electron chi connectivity index (χ0n) is 15.4. The predicted octanol–water partition coefficient (Wildman–Crippen LogP) is 3.61. The molecule has 0 atom stereocenters. The fraction of sp³-hybridized carbons (Fsp3) is 0.278. The molecule has 0 unspecified atom stereocenters.